The van der Waals surface area contributed by atoms with Crippen LogP contribution >= 0.6 is 0 Å². The number of carbonyl (C=O) groups excluding carboxylic acids is 1. The standard InChI is InChI=1S/C17H18N4O2/c1-21-16-8-7-13(10-15(16)19-20-21)17(23)18-11-14(22)9-12-5-3-2-4-6-12/h2-8,10,14,22H,9,11H2,1H3,(H,18,23). The third-order valence-corrected chi connectivity index (χ3v) is 3.69. The van der Waals surface area contributed by atoms with Gasteiger partial charge in [0.1, 0.15) is 5.52 Å². The van der Waals surface area contributed by atoms with E-state index < -0.39 is 6.10 Å². The second kappa shape index (κ2) is 6.58. The SMILES string of the molecule is Cn1nnc2cc(C(=O)NCC(O)Cc3ccccc3)ccc21. The van der Waals surface area contributed by atoms with E-state index in [9.17, 15) is 9.90 Å². The number of aryl methyl sites for hydroxylation is 1. The van der Waals surface area contributed by atoms with Gasteiger partial charge in [-0.2, -0.15) is 0 Å². The molecular formula is C17H18N4O2. The predicted octanol–water partition coefficient (Wildman–Crippen LogP) is 1.30. The highest BCUT2D eigenvalue weighted by Crippen LogP contribution is 2.12. The quantitative estimate of drug-likeness (QED) is 0.744. The van der Waals surface area contributed by atoms with Crippen LogP contribution in [-0.4, -0.2) is 38.7 Å². The molecule has 0 fully saturated rings. The van der Waals surface area contributed by atoms with Crippen molar-refractivity contribution in [3.8, 4) is 0 Å². The molecule has 3 aromatic rings. The number of aliphatic hydroxyl groups excluding tert-OH is 1. The average Bonchev–Trinajstić information content (AvgIpc) is 2.94. The van der Waals surface area contributed by atoms with E-state index in [-0.39, 0.29) is 12.5 Å². The van der Waals surface area contributed by atoms with Gasteiger partial charge in [0.15, 0.2) is 0 Å². The zero-order chi connectivity index (χ0) is 16.2. The molecule has 1 heterocycles. The summed E-state index contributed by atoms with van der Waals surface area (Å²) in [5.41, 5.74) is 3.08. The van der Waals surface area contributed by atoms with Gasteiger partial charge in [-0.25, -0.2) is 4.68 Å². The fourth-order valence-corrected chi connectivity index (χ4v) is 2.45. The van der Waals surface area contributed by atoms with E-state index in [0.29, 0.717) is 17.5 Å². The lowest BCUT2D eigenvalue weighted by atomic mass is 10.1. The molecule has 0 aliphatic carbocycles. The van der Waals surface area contributed by atoms with Crippen LogP contribution in [0.2, 0.25) is 0 Å². The second-order valence-electron chi connectivity index (χ2n) is 5.47. The monoisotopic (exact) mass is 310 g/mol. The molecule has 1 unspecified atom stereocenters. The molecular weight excluding hydrogens is 292 g/mol. The Morgan fingerprint density at radius 2 is 2.04 bits per heavy atom. The minimum absolute atomic E-state index is 0.201. The van der Waals surface area contributed by atoms with Gasteiger partial charge in [-0.15, -0.1) is 5.10 Å². The van der Waals surface area contributed by atoms with Crippen molar-refractivity contribution in [2.45, 2.75) is 12.5 Å². The Morgan fingerprint density at radius 3 is 2.83 bits per heavy atom. The minimum Gasteiger partial charge on any atom is -0.391 e. The highest BCUT2D eigenvalue weighted by Gasteiger charge is 2.11. The minimum atomic E-state index is -0.624. The Hall–Kier alpha value is -2.73. The first-order valence-electron chi connectivity index (χ1n) is 7.43. The fourth-order valence-electron chi connectivity index (χ4n) is 2.45. The number of carbonyl (C=O) groups is 1. The van der Waals surface area contributed by atoms with E-state index in [2.05, 4.69) is 15.6 Å². The molecule has 0 radical (unpaired) electrons. The maximum atomic E-state index is 12.2. The van der Waals surface area contributed by atoms with Gasteiger partial charge in [-0.05, 0) is 23.8 Å². The summed E-state index contributed by atoms with van der Waals surface area (Å²) in [4.78, 5) is 12.2. The Morgan fingerprint density at radius 1 is 1.26 bits per heavy atom. The normalized spacial score (nSPS) is 12.3. The maximum Gasteiger partial charge on any atom is 0.251 e. The van der Waals surface area contributed by atoms with Gasteiger partial charge in [0, 0.05) is 25.6 Å². The van der Waals surface area contributed by atoms with E-state index in [4.69, 9.17) is 0 Å². The number of aliphatic hydroxyl groups is 1. The number of nitrogens with one attached hydrogen (secondary N) is 1. The summed E-state index contributed by atoms with van der Waals surface area (Å²) < 4.78 is 1.65. The van der Waals surface area contributed by atoms with E-state index in [0.717, 1.165) is 11.1 Å². The largest absolute Gasteiger partial charge is 0.391 e. The van der Waals surface area contributed by atoms with E-state index in [1.165, 1.54) is 0 Å². The lowest BCUT2D eigenvalue weighted by Crippen LogP contribution is -2.33. The fraction of sp³-hybridized carbons (Fsp3) is 0.235. The van der Waals surface area contributed by atoms with Gasteiger partial charge in [-0.3, -0.25) is 4.79 Å². The molecule has 6 nitrogen and oxygen atoms in total. The molecule has 0 aliphatic heterocycles. The number of benzene rings is 2. The molecule has 0 saturated heterocycles. The molecule has 1 amide bonds. The van der Waals surface area contributed by atoms with Crippen LogP contribution in [0.15, 0.2) is 48.5 Å². The molecule has 0 saturated carbocycles. The highest BCUT2D eigenvalue weighted by molar-refractivity contribution is 5.97. The van der Waals surface area contributed by atoms with Crippen LogP contribution in [0.5, 0.6) is 0 Å². The van der Waals surface area contributed by atoms with Gasteiger partial charge in [0.2, 0.25) is 0 Å². The van der Waals surface area contributed by atoms with Crippen molar-refractivity contribution in [1.82, 2.24) is 20.3 Å². The summed E-state index contributed by atoms with van der Waals surface area (Å²) in [5.74, 6) is -0.232. The van der Waals surface area contributed by atoms with Crippen LogP contribution in [0, 0.1) is 0 Å². The summed E-state index contributed by atoms with van der Waals surface area (Å²) in [6.45, 7) is 0.201. The smallest absolute Gasteiger partial charge is 0.251 e. The first-order valence-corrected chi connectivity index (χ1v) is 7.43. The zero-order valence-electron chi connectivity index (χ0n) is 12.8. The predicted molar refractivity (Wildman–Crippen MR) is 87.0 cm³/mol. The molecule has 2 N–H and O–H groups in total. The molecule has 0 aliphatic rings. The van der Waals surface area contributed by atoms with E-state index in [1.807, 2.05) is 36.4 Å². The summed E-state index contributed by atoms with van der Waals surface area (Å²) in [6, 6.07) is 14.9. The second-order valence-corrected chi connectivity index (χ2v) is 5.47. The topological polar surface area (TPSA) is 80.0 Å². The van der Waals surface area contributed by atoms with Crippen molar-refractivity contribution in [3.63, 3.8) is 0 Å². The number of hydrogen-bond acceptors (Lipinski definition) is 4. The molecule has 0 bridgehead atoms. The molecule has 2 aromatic carbocycles. The summed E-state index contributed by atoms with van der Waals surface area (Å²) in [5, 5.41) is 20.7. The van der Waals surface area contributed by atoms with Gasteiger partial charge in [0.25, 0.3) is 5.91 Å². The molecule has 118 valence electrons. The summed E-state index contributed by atoms with van der Waals surface area (Å²) >= 11 is 0. The molecule has 1 atom stereocenters. The van der Waals surface area contributed by atoms with Crippen LogP contribution in [0.25, 0.3) is 11.0 Å². The number of aromatic nitrogens is 3. The molecule has 1 aromatic heterocycles. The molecule has 6 heteroatoms. The summed E-state index contributed by atoms with van der Waals surface area (Å²) in [7, 11) is 1.80. The van der Waals surface area contributed by atoms with E-state index in [1.54, 1.807) is 23.9 Å². The van der Waals surface area contributed by atoms with Crippen molar-refractivity contribution < 1.29 is 9.90 Å². The first kappa shape index (κ1) is 15.2. The van der Waals surface area contributed by atoms with Crippen LogP contribution in [-0.2, 0) is 13.5 Å². The Kier molecular flexibility index (Phi) is 4.34. The maximum absolute atomic E-state index is 12.2. The number of hydrogen-bond donors (Lipinski definition) is 2. The first-order chi connectivity index (χ1) is 11.1. The lowest BCUT2D eigenvalue weighted by Gasteiger charge is -2.12. The van der Waals surface area contributed by atoms with Crippen LogP contribution in [0.1, 0.15) is 15.9 Å². The third-order valence-electron chi connectivity index (χ3n) is 3.69. The van der Waals surface area contributed by atoms with Gasteiger partial charge in [0.05, 0.1) is 11.6 Å². The van der Waals surface area contributed by atoms with Crippen molar-refractivity contribution in [3.05, 3.63) is 59.7 Å². The van der Waals surface area contributed by atoms with Crippen molar-refractivity contribution in [1.29, 1.82) is 0 Å². The van der Waals surface area contributed by atoms with Gasteiger partial charge in [-0.1, -0.05) is 35.5 Å². The average molecular weight is 310 g/mol. The van der Waals surface area contributed by atoms with E-state index >= 15 is 0 Å². The van der Waals surface area contributed by atoms with Crippen molar-refractivity contribution in [2.24, 2.45) is 7.05 Å². The zero-order valence-corrected chi connectivity index (χ0v) is 12.8. The molecule has 23 heavy (non-hydrogen) atoms. The molecule has 3 rings (SSSR count). The van der Waals surface area contributed by atoms with Crippen LogP contribution in [0.4, 0.5) is 0 Å². The van der Waals surface area contributed by atoms with Crippen LogP contribution in [0.3, 0.4) is 0 Å². The lowest BCUT2D eigenvalue weighted by molar-refractivity contribution is 0.0916. The number of rotatable bonds is 5. The number of fused-ring (bicyclic) bond motifs is 1. The van der Waals surface area contributed by atoms with Gasteiger partial charge < -0.3 is 10.4 Å². The Labute approximate surface area is 133 Å². The third kappa shape index (κ3) is 3.54. The number of nitrogens with zero attached hydrogens (tertiary/aromatic N) is 3. The van der Waals surface area contributed by atoms with Crippen molar-refractivity contribution >= 4 is 16.9 Å². The van der Waals surface area contributed by atoms with Crippen molar-refractivity contribution in [2.75, 3.05) is 6.54 Å². The number of amides is 1. The van der Waals surface area contributed by atoms with Crippen LogP contribution < -0.4 is 5.32 Å². The Bertz CT molecular complexity index is 814. The Balaban J connectivity index is 1.59. The molecule has 0 spiro atoms. The highest BCUT2D eigenvalue weighted by atomic mass is 16.3. The summed E-state index contributed by atoms with van der Waals surface area (Å²) in [6.07, 6.45) is -0.119. The van der Waals surface area contributed by atoms with Gasteiger partial charge >= 0.3 is 0 Å².